The van der Waals surface area contributed by atoms with Gasteiger partial charge in [-0.3, -0.25) is 10.1 Å². The van der Waals surface area contributed by atoms with Crippen LogP contribution in [0.1, 0.15) is 24.4 Å². The lowest BCUT2D eigenvalue weighted by atomic mass is 10.0. The number of amides is 1. The molecule has 2 aliphatic rings. The monoisotopic (exact) mass is 232 g/mol. The van der Waals surface area contributed by atoms with Crippen molar-refractivity contribution in [2.24, 2.45) is 0 Å². The Hall–Kier alpha value is -1.39. The minimum Gasteiger partial charge on any atom is -0.381 e. The van der Waals surface area contributed by atoms with Crippen molar-refractivity contribution in [2.75, 3.05) is 18.5 Å². The topological polar surface area (TPSA) is 50.4 Å². The first kappa shape index (κ1) is 10.7. The molecule has 1 aromatic rings. The molecule has 1 saturated heterocycles. The number of carbonyl (C=O) groups is 1. The summed E-state index contributed by atoms with van der Waals surface area (Å²) in [6.45, 7) is 1.57. The van der Waals surface area contributed by atoms with E-state index in [4.69, 9.17) is 4.74 Å². The number of nitrogens with one attached hydrogen (secondary N) is 2. The highest BCUT2D eigenvalue weighted by atomic mass is 16.5. The second kappa shape index (κ2) is 4.47. The number of benzene rings is 1. The normalized spacial score (nSPS) is 24.5. The summed E-state index contributed by atoms with van der Waals surface area (Å²) in [6.07, 6.45) is 1.96. The van der Waals surface area contributed by atoms with Gasteiger partial charge in [-0.05, 0) is 18.9 Å². The van der Waals surface area contributed by atoms with E-state index >= 15 is 0 Å². The number of rotatable bonds is 2. The van der Waals surface area contributed by atoms with E-state index in [0.717, 1.165) is 37.3 Å². The lowest BCUT2D eigenvalue weighted by Crippen LogP contribution is -2.39. The molecule has 2 heterocycles. The fourth-order valence-electron chi connectivity index (χ4n) is 2.47. The van der Waals surface area contributed by atoms with Gasteiger partial charge in [0.25, 0.3) is 0 Å². The van der Waals surface area contributed by atoms with Crippen LogP contribution >= 0.6 is 0 Å². The predicted octanol–water partition coefficient (Wildman–Crippen LogP) is 1.45. The second-order valence-corrected chi connectivity index (χ2v) is 4.56. The van der Waals surface area contributed by atoms with E-state index in [-0.39, 0.29) is 11.9 Å². The number of ether oxygens (including phenoxy) is 1. The van der Waals surface area contributed by atoms with Crippen molar-refractivity contribution < 1.29 is 9.53 Å². The van der Waals surface area contributed by atoms with Gasteiger partial charge in [0.1, 0.15) is 6.04 Å². The van der Waals surface area contributed by atoms with Crippen molar-refractivity contribution in [1.29, 1.82) is 0 Å². The molecule has 4 nitrogen and oxygen atoms in total. The largest absolute Gasteiger partial charge is 0.381 e. The molecule has 0 aliphatic carbocycles. The maximum absolute atomic E-state index is 11.9. The third-order valence-corrected chi connectivity index (χ3v) is 3.42. The highest BCUT2D eigenvalue weighted by Crippen LogP contribution is 2.31. The fraction of sp³-hybridized carbons (Fsp3) is 0.462. The number of hydrogen-bond acceptors (Lipinski definition) is 3. The molecule has 17 heavy (non-hydrogen) atoms. The summed E-state index contributed by atoms with van der Waals surface area (Å²) in [5.41, 5.74) is 1.99. The SMILES string of the molecule is O=C1Nc2ccccc2C1NC1CCOCC1. The Morgan fingerprint density at radius 3 is 2.82 bits per heavy atom. The molecule has 0 saturated carbocycles. The minimum absolute atomic E-state index is 0.0534. The third-order valence-electron chi connectivity index (χ3n) is 3.42. The molecule has 90 valence electrons. The molecule has 2 N–H and O–H groups in total. The minimum atomic E-state index is -0.200. The number of anilines is 1. The Balaban J connectivity index is 1.76. The summed E-state index contributed by atoms with van der Waals surface area (Å²) in [4.78, 5) is 11.9. The zero-order chi connectivity index (χ0) is 11.7. The molecule has 0 spiro atoms. The van der Waals surface area contributed by atoms with Gasteiger partial charge in [-0.25, -0.2) is 0 Å². The summed E-state index contributed by atoms with van der Waals surface area (Å²) in [5.74, 6) is 0.0534. The molecule has 1 unspecified atom stereocenters. The van der Waals surface area contributed by atoms with E-state index in [2.05, 4.69) is 10.6 Å². The average Bonchev–Trinajstić information content (AvgIpc) is 2.68. The van der Waals surface area contributed by atoms with E-state index in [1.807, 2.05) is 24.3 Å². The summed E-state index contributed by atoms with van der Waals surface area (Å²) in [7, 11) is 0. The first-order valence-corrected chi connectivity index (χ1v) is 6.08. The van der Waals surface area contributed by atoms with Crippen LogP contribution in [-0.4, -0.2) is 25.2 Å². The Bertz CT molecular complexity index is 427. The summed E-state index contributed by atoms with van der Waals surface area (Å²) in [5, 5.41) is 6.34. The predicted molar refractivity (Wildman–Crippen MR) is 64.8 cm³/mol. The first-order valence-electron chi connectivity index (χ1n) is 6.08. The maximum atomic E-state index is 11.9. The maximum Gasteiger partial charge on any atom is 0.246 e. The van der Waals surface area contributed by atoms with Gasteiger partial charge in [-0.2, -0.15) is 0 Å². The van der Waals surface area contributed by atoms with Gasteiger partial charge in [-0.15, -0.1) is 0 Å². The van der Waals surface area contributed by atoms with Gasteiger partial charge in [-0.1, -0.05) is 18.2 Å². The standard InChI is InChI=1S/C13H16N2O2/c16-13-12(14-9-5-7-17-8-6-9)10-3-1-2-4-11(10)15-13/h1-4,9,12,14H,5-8H2,(H,15,16). The molecular weight excluding hydrogens is 216 g/mol. The van der Waals surface area contributed by atoms with E-state index < -0.39 is 0 Å². The lowest BCUT2D eigenvalue weighted by molar-refractivity contribution is -0.118. The Morgan fingerprint density at radius 2 is 2.00 bits per heavy atom. The zero-order valence-corrected chi connectivity index (χ0v) is 9.61. The number of fused-ring (bicyclic) bond motifs is 1. The summed E-state index contributed by atoms with van der Waals surface area (Å²) < 4.78 is 5.32. The Morgan fingerprint density at radius 1 is 1.24 bits per heavy atom. The average molecular weight is 232 g/mol. The van der Waals surface area contributed by atoms with Crippen LogP contribution < -0.4 is 10.6 Å². The Labute approximate surface area is 100 Å². The van der Waals surface area contributed by atoms with E-state index in [1.165, 1.54) is 0 Å². The van der Waals surface area contributed by atoms with Crippen LogP contribution in [0.25, 0.3) is 0 Å². The van der Waals surface area contributed by atoms with Crippen LogP contribution in [-0.2, 0) is 9.53 Å². The molecule has 1 aromatic carbocycles. The molecule has 4 heteroatoms. The molecule has 1 amide bonds. The number of para-hydroxylation sites is 1. The quantitative estimate of drug-likeness (QED) is 0.811. The molecule has 3 rings (SSSR count). The summed E-state index contributed by atoms with van der Waals surface area (Å²) >= 11 is 0. The van der Waals surface area contributed by atoms with Gasteiger partial charge in [0.05, 0.1) is 0 Å². The van der Waals surface area contributed by atoms with Crippen molar-refractivity contribution in [3.8, 4) is 0 Å². The van der Waals surface area contributed by atoms with Gasteiger partial charge >= 0.3 is 0 Å². The van der Waals surface area contributed by atoms with Gasteiger partial charge in [0.15, 0.2) is 0 Å². The van der Waals surface area contributed by atoms with Crippen LogP contribution in [0.3, 0.4) is 0 Å². The van der Waals surface area contributed by atoms with Crippen molar-refractivity contribution in [1.82, 2.24) is 5.32 Å². The molecule has 1 fully saturated rings. The Kier molecular flexibility index (Phi) is 2.82. The van der Waals surface area contributed by atoms with Gasteiger partial charge in [0.2, 0.25) is 5.91 Å². The van der Waals surface area contributed by atoms with E-state index in [1.54, 1.807) is 0 Å². The molecule has 0 aromatic heterocycles. The highest BCUT2D eigenvalue weighted by Gasteiger charge is 2.31. The number of carbonyl (C=O) groups excluding carboxylic acids is 1. The summed E-state index contributed by atoms with van der Waals surface area (Å²) in [6, 6.07) is 8.04. The van der Waals surface area contributed by atoms with Crippen LogP contribution in [0.2, 0.25) is 0 Å². The molecular formula is C13H16N2O2. The van der Waals surface area contributed by atoms with Crippen molar-refractivity contribution in [3.05, 3.63) is 29.8 Å². The zero-order valence-electron chi connectivity index (χ0n) is 9.61. The van der Waals surface area contributed by atoms with E-state index in [0.29, 0.717) is 6.04 Å². The van der Waals surface area contributed by atoms with Crippen LogP contribution in [0.15, 0.2) is 24.3 Å². The third kappa shape index (κ3) is 2.06. The molecule has 1 atom stereocenters. The second-order valence-electron chi connectivity index (χ2n) is 4.56. The fourth-order valence-corrected chi connectivity index (χ4v) is 2.47. The molecule has 0 bridgehead atoms. The number of hydrogen-bond donors (Lipinski definition) is 2. The van der Waals surface area contributed by atoms with Gasteiger partial charge < -0.3 is 10.1 Å². The lowest BCUT2D eigenvalue weighted by Gasteiger charge is -2.25. The van der Waals surface area contributed by atoms with E-state index in [9.17, 15) is 4.79 Å². The van der Waals surface area contributed by atoms with Crippen LogP contribution in [0, 0.1) is 0 Å². The van der Waals surface area contributed by atoms with Crippen molar-refractivity contribution >= 4 is 11.6 Å². The smallest absolute Gasteiger partial charge is 0.246 e. The molecule has 2 aliphatic heterocycles. The van der Waals surface area contributed by atoms with Gasteiger partial charge in [0, 0.05) is 30.5 Å². The highest BCUT2D eigenvalue weighted by molar-refractivity contribution is 6.02. The van der Waals surface area contributed by atoms with Crippen LogP contribution in [0.4, 0.5) is 5.69 Å². The van der Waals surface area contributed by atoms with Crippen molar-refractivity contribution in [2.45, 2.75) is 24.9 Å². The molecule has 0 radical (unpaired) electrons. The first-order chi connectivity index (χ1) is 8.34. The van der Waals surface area contributed by atoms with Crippen molar-refractivity contribution in [3.63, 3.8) is 0 Å². The van der Waals surface area contributed by atoms with Crippen LogP contribution in [0.5, 0.6) is 0 Å².